The van der Waals surface area contributed by atoms with Gasteiger partial charge in [0.1, 0.15) is 5.82 Å². The molecule has 7 nitrogen and oxygen atoms in total. The second-order valence-corrected chi connectivity index (χ2v) is 6.53. The Morgan fingerprint density at radius 3 is 2.55 bits per heavy atom. The van der Waals surface area contributed by atoms with Gasteiger partial charge < -0.3 is 9.64 Å². The highest BCUT2D eigenvalue weighted by molar-refractivity contribution is 5.82. The summed E-state index contributed by atoms with van der Waals surface area (Å²) in [5.41, 5.74) is -0.362. The zero-order valence-electron chi connectivity index (χ0n) is 14.1. The van der Waals surface area contributed by atoms with E-state index in [4.69, 9.17) is 4.74 Å². The van der Waals surface area contributed by atoms with Crippen molar-refractivity contribution in [2.24, 2.45) is 5.41 Å². The smallest absolute Gasteiger partial charge is 0.228 e. The summed E-state index contributed by atoms with van der Waals surface area (Å²) in [6.45, 7) is 10.5. The van der Waals surface area contributed by atoms with Crippen LogP contribution in [0.15, 0.2) is 0 Å². The third-order valence-corrected chi connectivity index (χ3v) is 4.18. The lowest BCUT2D eigenvalue weighted by atomic mass is 9.87. The summed E-state index contributed by atoms with van der Waals surface area (Å²) in [5.74, 6) is 1.87. The maximum atomic E-state index is 12.6. The number of amides is 1. The average molecular weight is 309 g/mol. The predicted molar refractivity (Wildman–Crippen MR) is 83.3 cm³/mol. The largest absolute Gasteiger partial charge is 0.385 e. The number of nitrogens with zero attached hydrogens (tertiary/aromatic N) is 4. The van der Waals surface area contributed by atoms with Gasteiger partial charge in [0.05, 0.1) is 6.54 Å². The van der Waals surface area contributed by atoms with Crippen LogP contribution in [0.25, 0.3) is 0 Å². The van der Waals surface area contributed by atoms with Gasteiger partial charge >= 0.3 is 0 Å². The number of aromatic nitrogens is 3. The van der Waals surface area contributed by atoms with E-state index >= 15 is 0 Å². The van der Waals surface area contributed by atoms with Gasteiger partial charge in [-0.15, -0.1) is 0 Å². The molecule has 0 bridgehead atoms. The Balaban J connectivity index is 1.82. The second-order valence-electron chi connectivity index (χ2n) is 6.53. The number of aryl methyl sites for hydroxylation is 1. The Hall–Kier alpha value is -1.47. The molecule has 1 aliphatic heterocycles. The summed E-state index contributed by atoms with van der Waals surface area (Å²) in [5, 5.41) is 7.03. The Morgan fingerprint density at radius 1 is 1.32 bits per heavy atom. The first-order valence-electron chi connectivity index (χ1n) is 7.81. The summed E-state index contributed by atoms with van der Waals surface area (Å²) >= 11 is 0. The molecule has 1 amide bonds. The zero-order chi connectivity index (χ0) is 16.2. The van der Waals surface area contributed by atoms with Crippen molar-refractivity contribution >= 4 is 5.91 Å². The van der Waals surface area contributed by atoms with Crippen molar-refractivity contribution in [1.29, 1.82) is 0 Å². The first kappa shape index (κ1) is 16.9. The van der Waals surface area contributed by atoms with Gasteiger partial charge in [-0.3, -0.25) is 14.8 Å². The molecule has 2 rings (SSSR count). The van der Waals surface area contributed by atoms with Crippen molar-refractivity contribution in [3.05, 3.63) is 11.6 Å². The maximum Gasteiger partial charge on any atom is 0.228 e. The summed E-state index contributed by atoms with van der Waals surface area (Å²) in [6, 6.07) is 0. The number of H-pyrrole nitrogens is 1. The maximum absolute atomic E-state index is 12.6. The fourth-order valence-corrected chi connectivity index (χ4v) is 2.66. The van der Waals surface area contributed by atoms with Crippen LogP contribution in [0.5, 0.6) is 0 Å². The van der Waals surface area contributed by atoms with E-state index in [9.17, 15) is 4.79 Å². The molecule has 7 heteroatoms. The minimum Gasteiger partial charge on any atom is -0.385 e. The fourth-order valence-electron chi connectivity index (χ4n) is 2.66. The molecule has 2 heterocycles. The SMILES string of the molecule is COCCC(C)(C)C(=O)N1CCN(Cc2n[nH]c(C)n2)CC1. The van der Waals surface area contributed by atoms with Crippen LogP contribution in [0, 0.1) is 12.3 Å². The molecular formula is C15H27N5O2. The van der Waals surface area contributed by atoms with E-state index in [-0.39, 0.29) is 11.3 Å². The molecule has 1 aromatic heterocycles. The van der Waals surface area contributed by atoms with Gasteiger partial charge in [0.2, 0.25) is 5.91 Å². The normalized spacial score (nSPS) is 17.0. The van der Waals surface area contributed by atoms with Crippen LogP contribution in [0.4, 0.5) is 0 Å². The topological polar surface area (TPSA) is 74.3 Å². The highest BCUT2D eigenvalue weighted by atomic mass is 16.5. The van der Waals surface area contributed by atoms with Gasteiger partial charge in [0, 0.05) is 45.3 Å². The zero-order valence-corrected chi connectivity index (χ0v) is 14.1. The highest BCUT2D eigenvalue weighted by Crippen LogP contribution is 2.24. The van der Waals surface area contributed by atoms with E-state index in [1.54, 1.807) is 7.11 Å². The van der Waals surface area contributed by atoms with Crippen molar-refractivity contribution in [2.75, 3.05) is 39.9 Å². The van der Waals surface area contributed by atoms with Crippen molar-refractivity contribution in [1.82, 2.24) is 25.0 Å². The Kier molecular flexibility index (Phi) is 5.52. The lowest BCUT2D eigenvalue weighted by molar-refractivity contribution is -0.143. The van der Waals surface area contributed by atoms with Gasteiger partial charge in [-0.2, -0.15) is 5.10 Å². The fraction of sp³-hybridized carbons (Fsp3) is 0.800. The van der Waals surface area contributed by atoms with Crippen LogP contribution in [0.2, 0.25) is 0 Å². The lowest BCUT2D eigenvalue weighted by Crippen LogP contribution is -2.52. The monoisotopic (exact) mass is 309 g/mol. The summed E-state index contributed by atoms with van der Waals surface area (Å²) in [6.07, 6.45) is 0.749. The van der Waals surface area contributed by atoms with Crippen LogP contribution >= 0.6 is 0 Å². The third kappa shape index (κ3) is 4.27. The number of nitrogens with one attached hydrogen (secondary N) is 1. The van der Waals surface area contributed by atoms with E-state index in [2.05, 4.69) is 20.1 Å². The Bertz CT molecular complexity index is 492. The number of carbonyl (C=O) groups is 1. The Morgan fingerprint density at radius 2 is 2.00 bits per heavy atom. The third-order valence-electron chi connectivity index (χ3n) is 4.18. The van der Waals surface area contributed by atoms with Crippen LogP contribution in [-0.2, 0) is 16.1 Å². The quantitative estimate of drug-likeness (QED) is 0.842. The molecule has 0 spiro atoms. The van der Waals surface area contributed by atoms with E-state index in [0.29, 0.717) is 6.61 Å². The van der Waals surface area contributed by atoms with E-state index in [1.165, 1.54) is 0 Å². The van der Waals surface area contributed by atoms with Gasteiger partial charge in [-0.05, 0) is 13.3 Å². The summed E-state index contributed by atoms with van der Waals surface area (Å²) in [4.78, 5) is 21.2. The van der Waals surface area contributed by atoms with Gasteiger partial charge in [0.15, 0.2) is 5.82 Å². The van der Waals surface area contributed by atoms with Gasteiger partial charge in [0.25, 0.3) is 0 Å². The van der Waals surface area contributed by atoms with Crippen LogP contribution < -0.4 is 0 Å². The highest BCUT2D eigenvalue weighted by Gasteiger charge is 2.33. The molecule has 0 radical (unpaired) electrons. The number of methoxy groups -OCH3 is 1. The second kappa shape index (κ2) is 7.19. The molecular weight excluding hydrogens is 282 g/mol. The number of aromatic amines is 1. The minimum atomic E-state index is -0.362. The number of carbonyl (C=O) groups excluding carboxylic acids is 1. The number of rotatable bonds is 6. The van der Waals surface area contributed by atoms with Gasteiger partial charge in [-0.1, -0.05) is 13.8 Å². The molecule has 1 N–H and O–H groups in total. The summed E-state index contributed by atoms with van der Waals surface area (Å²) in [7, 11) is 1.67. The van der Waals surface area contributed by atoms with Crippen molar-refractivity contribution in [3.63, 3.8) is 0 Å². The van der Waals surface area contributed by atoms with Crippen molar-refractivity contribution < 1.29 is 9.53 Å². The average Bonchev–Trinajstić information content (AvgIpc) is 2.90. The van der Waals surface area contributed by atoms with E-state index < -0.39 is 0 Å². The molecule has 1 fully saturated rings. The standard InChI is InChI=1S/C15H27N5O2/c1-12-16-13(18-17-12)11-19-6-8-20(9-7-19)14(21)15(2,3)5-10-22-4/h5-11H2,1-4H3,(H,16,17,18). The Labute approximate surface area is 132 Å². The molecule has 0 unspecified atom stereocenters. The first-order chi connectivity index (χ1) is 10.4. The van der Waals surface area contributed by atoms with Crippen molar-refractivity contribution in [2.45, 2.75) is 33.7 Å². The molecule has 1 aromatic rings. The molecule has 0 aliphatic carbocycles. The molecule has 0 atom stereocenters. The van der Waals surface area contributed by atoms with E-state index in [0.717, 1.165) is 50.8 Å². The number of piperazine rings is 1. The lowest BCUT2D eigenvalue weighted by Gasteiger charge is -2.38. The molecule has 0 saturated carbocycles. The molecule has 0 aromatic carbocycles. The minimum absolute atomic E-state index is 0.220. The van der Waals surface area contributed by atoms with Crippen molar-refractivity contribution in [3.8, 4) is 0 Å². The molecule has 1 aliphatic rings. The van der Waals surface area contributed by atoms with E-state index in [1.807, 2.05) is 25.7 Å². The molecule has 22 heavy (non-hydrogen) atoms. The molecule has 1 saturated heterocycles. The predicted octanol–water partition coefficient (Wildman–Crippen LogP) is 0.820. The van der Waals surface area contributed by atoms with Gasteiger partial charge in [-0.25, -0.2) is 4.98 Å². The van der Waals surface area contributed by atoms with Crippen LogP contribution in [0.3, 0.4) is 0 Å². The van der Waals surface area contributed by atoms with Crippen LogP contribution in [-0.4, -0.2) is 70.8 Å². The molecule has 124 valence electrons. The van der Waals surface area contributed by atoms with Crippen LogP contribution in [0.1, 0.15) is 31.9 Å². The number of hydrogen-bond acceptors (Lipinski definition) is 5. The first-order valence-corrected chi connectivity index (χ1v) is 7.81. The summed E-state index contributed by atoms with van der Waals surface area (Å²) < 4.78 is 5.10. The number of ether oxygens (including phenoxy) is 1. The number of hydrogen-bond donors (Lipinski definition) is 1.